The summed E-state index contributed by atoms with van der Waals surface area (Å²) in [5.74, 6) is -2.10. The Hall–Kier alpha value is -3.02. The summed E-state index contributed by atoms with van der Waals surface area (Å²) in [6.07, 6.45) is 0.221. The molecule has 5 nitrogen and oxygen atoms in total. The smallest absolute Gasteiger partial charge is 0.264 e. The van der Waals surface area contributed by atoms with Crippen molar-refractivity contribution in [2.75, 3.05) is 13.1 Å². The molecule has 128 valence electrons. The summed E-state index contributed by atoms with van der Waals surface area (Å²) in [4.78, 5) is 37.3. The lowest BCUT2D eigenvalue weighted by molar-refractivity contribution is -0.120. The van der Waals surface area contributed by atoms with Crippen LogP contribution in [-0.2, 0) is 11.2 Å². The van der Waals surface area contributed by atoms with Crippen molar-refractivity contribution >= 4 is 17.7 Å². The molecular formula is C19H17FN2O3. The van der Waals surface area contributed by atoms with Crippen molar-refractivity contribution in [3.63, 3.8) is 0 Å². The summed E-state index contributed by atoms with van der Waals surface area (Å²) in [5, 5.41) is 2.68. The molecule has 1 heterocycles. The Labute approximate surface area is 144 Å². The van der Waals surface area contributed by atoms with E-state index in [-0.39, 0.29) is 36.5 Å². The number of hydrogen-bond acceptors (Lipinski definition) is 3. The molecule has 1 N–H and O–H groups in total. The lowest BCUT2D eigenvalue weighted by atomic mass is 10.1. The van der Waals surface area contributed by atoms with Crippen LogP contribution in [0, 0.1) is 12.7 Å². The van der Waals surface area contributed by atoms with Gasteiger partial charge >= 0.3 is 0 Å². The number of imide groups is 1. The second kappa shape index (κ2) is 6.84. The Bertz CT molecular complexity index is 863. The largest absolute Gasteiger partial charge is 0.354 e. The third-order valence-corrected chi connectivity index (χ3v) is 4.05. The SMILES string of the molecule is Cc1cccc(CC(=O)NCCN2C(=O)c3cccc(F)c3C2=O)c1. The molecule has 0 fully saturated rings. The monoisotopic (exact) mass is 340 g/mol. The maximum absolute atomic E-state index is 13.7. The van der Waals surface area contributed by atoms with Crippen molar-refractivity contribution in [2.24, 2.45) is 0 Å². The lowest BCUT2D eigenvalue weighted by Gasteiger charge is -2.14. The maximum Gasteiger partial charge on any atom is 0.264 e. The van der Waals surface area contributed by atoms with Crippen LogP contribution in [0.3, 0.4) is 0 Å². The van der Waals surface area contributed by atoms with E-state index in [9.17, 15) is 18.8 Å². The van der Waals surface area contributed by atoms with Gasteiger partial charge in [0.15, 0.2) is 0 Å². The van der Waals surface area contributed by atoms with Gasteiger partial charge in [-0.25, -0.2) is 4.39 Å². The van der Waals surface area contributed by atoms with E-state index in [1.807, 2.05) is 31.2 Å². The molecule has 0 unspecified atom stereocenters. The van der Waals surface area contributed by atoms with E-state index >= 15 is 0 Å². The summed E-state index contributed by atoms with van der Waals surface area (Å²) >= 11 is 0. The van der Waals surface area contributed by atoms with E-state index in [1.54, 1.807) is 0 Å². The fraction of sp³-hybridized carbons (Fsp3) is 0.211. The van der Waals surface area contributed by atoms with Crippen molar-refractivity contribution in [3.8, 4) is 0 Å². The van der Waals surface area contributed by atoms with Crippen molar-refractivity contribution < 1.29 is 18.8 Å². The summed E-state index contributed by atoms with van der Waals surface area (Å²) in [6, 6.07) is 11.6. The zero-order valence-electron chi connectivity index (χ0n) is 13.7. The number of nitrogens with one attached hydrogen (secondary N) is 1. The number of amides is 3. The van der Waals surface area contributed by atoms with Gasteiger partial charge in [-0.2, -0.15) is 0 Å². The molecule has 0 spiro atoms. The zero-order chi connectivity index (χ0) is 18.0. The molecule has 0 atom stereocenters. The number of hydrogen-bond donors (Lipinski definition) is 1. The minimum atomic E-state index is -0.707. The molecule has 2 aromatic rings. The van der Waals surface area contributed by atoms with Crippen LogP contribution < -0.4 is 5.32 Å². The molecule has 1 aliphatic heterocycles. The molecule has 2 aromatic carbocycles. The van der Waals surface area contributed by atoms with Crippen molar-refractivity contribution in [2.45, 2.75) is 13.3 Å². The Morgan fingerprint density at radius 1 is 1.12 bits per heavy atom. The molecule has 6 heteroatoms. The van der Waals surface area contributed by atoms with Crippen LogP contribution in [0.5, 0.6) is 0 Å². The number of benzene rings is 2. The van der Waals surface area contributed by atoms with Gasteiger partial charge in [-0.15, -0.1) is 0 Å². The van der Waals surface area contributed by atoms with Gasteiger partial charge in [-0.05, 0) is 24.6 Å². The molecule has 3 rings (SSSR count). The van der Waals surface area contributed by atoms with E-state index in [4.69, 9.17) is 0 Å². The van der Waals surface area contributed by atoms with Gasteiger partial charge in [-0.1, -0.05) is 35.9 Å². The standard InChI is InChI=1S/C19H17FN2O3/c1-12-4-2-5-13(10-12)11-16(23)21-8-9-22-18(24)14-6-3-7-15(20)17(14)19(22)25/h2-7,10H,8-9,11H2,1H3,(H,21,23). The summed E-state index contributed by atoms with van der Waals surface area (Å²) in [5.41, 5.74) is 1.83. The normalized spacial score (nSPS) is 13.1. The molecule has 0 saturated heterocycles. The molecule has 25 heavy (non-hydrogen) atoms. The van der Waals surface area contributed by atoms with Crippen LogP contribution in [0.2, 0.25) is 0 Å². The quantitative estimate of drug-likeness (QED) is 0.848. The van der Waals surface area contributed by atoms with Crippen LogP contribution in [-0.4, -0.2) is 35.7 Å². The first-order valence-electron chi connectivity index (χ1n) is 7.94. The van der Waals surface area contributed by atoms with Crippen LogP contribution in [0.15, 0.2) is 42.5 Å². The number of aryl methyl sites for hydroxylation is 1. The van der Waals surface area contributed by atoms with Gasteiger partial charge in [0.2, 0.25) is 5.91 Å². The molecule has 3 amide bonds. The minimum Gasteiger partial charge on any atom is -0.354 e. The van der Waals surface area contributed by atoms with Gasteiger partial charge in [-0.3, -0.25) is 19.3 Å². The van der Waals surface area contributed by atoms with Gasteiger partial charge in [0.1, 0.15) is 5.82 Å². The first-order chi connectivity index (χ1) is 12.0. The number of halogens is 1. The molecule has 1 aliphatic rings. The van der Waals surface area contributed by atoms with E-state index in [1.165, 1.54) is 12.1 Å². The predicted molar refractivity (Wildman–Crippen MR) is 89.7 cm³/mol. The van der Waals surface area contributed by atoms with Gasteiger partial charge in [0, 0.05) is 13.1 Å². The average molecular weight is 340 g/mol. The summed E-state index contributed by atoms with van der Waals surface area (Å²) in [6.45, 7) is 2.08. The lowest BCUT2D eigenvalue weighted by Crippen LogP contribution is -2.38. The molecule has 0 radical (unpaired) electrons. The highest BCUT2D eigenvalue weighted by Crippen LogP contribution is 2.24. The highest BCUT2D eigenvalue weighted by Gasteiger charge is 2.37. The van der Waals surface area contributed by atoms with E-state index < -0.39 is 17.6 Å². The zero-order valence-corrected chi connectivity index (χ0v) is 13.7. The predicted octanol–water partition coefficient (Wildman–Crippen LogP) is 2.09. The summed E-state index contributed by atoms with van der Waals surface area (Å²) in [7, 11) is 0. The van der Waals surface area contributed by atoms with Crippen LogP contribution in [0.1, 0.15) is 31.8 Å². The maximum atomic E-state index is 13.7. The fourth-order valence-corrected chi connectivity index (χ4v) is 2.87. The molecule has 0 saturated carbocycles. The molecule has 0 aliphatic carbocycles. The average Bonchev–Trinajstić information content (AvgIpc) is 2.81. The van der Waals surface area contributed by atoms with E-state index in [0.717, 1.165) is 22.1 Å². The van der Waals surface area contributed by atoms with Gasteiger partial charge < -0.3 is 5.32 Å². The second-order valence-corrected chi connectivity index (χ2v) is 5.94. The van der Waals surface area contributed by atoms with Crippen molar-refractivity contribution in [1.82, 2.24) is 10.2 Å². The topological polar surface area (TPSA) is 66.5 Å². The van der Waals surface area contributed by atoms with Crippen molar-refractivity contribution in [1.29, 1.82) is 0 Å². The molecule has 0 aromatic heterocycles. The highest BCUT2D eigenvalue weighted by atomic mass is 19.1. The van der Waals surface area contributed by atoms with Crippen LogP contribution in [0.4, 0.5) is 4.39 Å². The first-order valence-corrected chi connectivity index (χ1v) is 7.94. The number of carbonyl (C=O) groups is 3. The van der Waals surface area contributed by atoms with Gasteiger partial charge in [0.05, 0.1) is 17.5 Å². The third kappa shape index (κ3) is 3.42. The van der Waals surface area contributed by atoms with E-state index in [0.29, 0.717) is 0 Å². The number of nitrogens with zero attached hydrogens (tertiary/aromatic N) is 1. The molecule has 0 bridgehead atoms. The van der Waals surface area contributed by atoms with Gasteiger partial charge in [0.25, 0.3) is 11.8 Å². The van der Waals surface area contributed by atoms with E-state index in [2.05, 4.69) is 5.32 Å². The highest BCUT2D eigenvalue weighted by molar-refractivity contribution is 6.21. The second-order valence-electron chi connectivity index (χ2n) is 5.94. The van der Waals surface area contributed by atoms with Crippen LogP contribution in [0.25, 0.3) is 0 Å². The third-order valence-electron chi connectivity index (χ3n) is 4.05. The minimum absolute atomic E-state index is 0.00530. The van der Waals surface area contributed by atoms with Crippen molar-refractivity contribution in [3.05, 3.63) is 70.5 Å². The Kier molecular flexibility index (Phi) is 4.61. The number of carbonyl (C=O) groups excluding carboxylic acids is 3. The number of fused-ring (bicyclic) bond motifs is 1. The molecular weight excluding hydrogens is 323 g/mol. The first kappa shape index (κ1) is 16.8. The Morgan fingerprint density at radius 2 is 1.88 bits per heavy atom. The fourth-order valence-electron chi connectivity index (χ4n) is 2.87. The van der Waals surface area contributed by atoms with Crippen LogP contribution >= 0.6 is 0 Å². The Balaban J connectivity index is 1.56. The summed E-state index contributed by atoms with van der Waals surface area (Å²) < 4.78 is 13.7. The number of rotatable bonds is 5. The Morgan fingerprint density at radius 3 is 2.60 bits per heavy atom.